The van der Waals surface area contributed by atoms with Gasteiger partial charge in [-0.3, -0.25) is 0 Å². The summed E-state index contributed by atoms with van der Waals surface area (Å²) in [6.07, 6.45) is 3.19. The second-order valence-corrected chi connectivity index (χ2v) is 4.29. The van der Waals surface area contributed by atoms with E-state index in [1.807, 2.05) is 11.8 Å². The molecule has 0 aliphatic carbocycles. The minimum absolute atomic E-state index is 0.291. The maximum absolute atomic E-state index is 12.9. The van der Waals surface area contributed by atoms with Crippen LogP contribution in [0.15, 0.2) is 18.2 Å². The lowest BCUT2D eigenvalue weighted by molar-refractivity contribution is 0.431. The number of rotatable bonds is 6. The molecule has 1 rings (SSSR count). The Morgan fingerprint density at radius 2 is 2.27 bits per heavy atom. The zero-order valence-electron chi connectivity index (χ0n) is 8.79. The fourth-order valence-corrected chi connectivity index (χ4v) is 1.67. The molecular formula is C11H16FNOS. The second-order valence-electron chi connectivity index (χ2n) is 3.31. The maximum Gasteiger partial charge on any atom is 0.165 e. The van der Waals surface area contributed by atoms with Crippen LogP contribution in [0.3, 0.4) is 0 Å². The fourth-order valence-electron chi connectivity index (χ4n) is 1.23. The number of hydrogen-bond acceptors (Lipinski definition) is 3. The van der Waals surface area contributed by atoms with Gasteiger partial charge in [0.2, 0.25) is 0 Å². The summed E-state index contributed by atoms with van der Waals surface area (Å²) < 4.78 is 12.9. The lowest BCUT2D eigenvalue weighted by Gasteiger charge is -2.05. The van der Waals surface area contributed by atoms with E-state index < -0.39 is 5.82 Å². The molecule has 0 aliphatic rings. The largest absolute Gasteiger partial charge is 0.505 e. The van der Waals surface area contributed by atoms with E-state index in [0.29, 0.717) is 6.54 Å². The third-order valence-corrected chi connectivity index (χ3v) is 2.74. The number of nitrogens with one attached hydrogen (secondary N) is 1. The molecule has 0 saturated carbocycles. The molecule has 4 heteroatoms. The Morgan fingerprint density at radius 1 is 1.47 bits per heavy atom. The molecule has 84 valence electrons. The first-order chi connectivity index (χ1) is 7.24. The van der Waals surface area contributed by atoms with Crippen molar-refractivity contribution in [3.05, 3.63) is 29.6 Å². The lowest BCUT2D eigenvalue weighted by Crippen LogP contribution is -2.15. The van der Waals surface area contributed by atoms with Gasteiger partial charge in [-0.1, -0.05) is 6.07 Å². The van der Waals surface area contributed by atoms with Gasteiger partial charge in [0.05, 0.1) is 0 Å². The van der Waals surface area contributed by atoms with E-state index in [-0.39, 0.29) is 5.75 Å². The highest BCUT2D eigenvalue weighted by Gasteiger charge is 2.00. The van der Waals surface area contributed by atoms with E-state index >= 15 is 0 Å². The van der Waals surface area contributed by atoms with Gasteiger partial charge in [-0.15, -0.1) is 0 Å². The second kappa shape index (κ2) is 6.69. The van der Waals surface area contributed by atoms with E-state index in [1.54, 1.807) is 6.07 Å². The molecule has 0 spiro atoms. The molecule has 2 N–H and O–H groups in total. The monoisotopic (exact) mass is 229 g/mol. The highest BCUT2D eigenvalue weighted by atomic mass is 32.2. The molecule has 0 aliphatic heterocycles. The van der Waals surface area contributed by atoms with Crippen LogP contribution in [0.2, 0.25) is 0 Å². The summed E-state index contributed by atoms with van der Waals surface area (Å²) in [5.41, 5.74) is 0.856. The SMILES string of the molecule is CSCCCNCc1ccc(O)c(F)c1. The lowest BCUT2D eigenvalue weighted by atomic mass is 10.2. The van der Waals surface area contributed by atoms with E-state index in [4.69, 9.17) is 5.11 Å². The van der Waals surface area contributed by atoms with Gasteiger partial charge >= 0.3 is 0 Å². The molecule has 15 heavy (non-hydrogen) atoms. The maximum atomic E-state index is 12.9. The Kier molecular flexibility index (Phi) is 5.50. The quantitative estimate of drug-likeness (QED) is 0.735. The van der Waals surface area contributed by atoms with Crippen molar-refractivity contribution < 1.29 is 9.50 Å². The van der Waals surface area contributed by atoms with Crippen LogP contribution in [0.25, 0.3) is 0 Å². The predicted octanol–water partition coefficient (Wildman–Crippen LogP) is 2.37. The highest BCUT2D eigenvalue weighted by Crippen LogP contribution is 2.15. The Bertz CT molecular complexity index is 307. The normalized spacial score (nSPS) is 10.5. The average Bonchev–Trinajstić information content (AvgIpc) is 2.23. The first-order valence-electron chi connectivity index (χ1n) is 4.91. The van der Waals surface area contributed by atoms with Gasteiger partial charge in [-0.2, -0.15) is 11.8 Å². The molecule has 1 aromatic rings. The average molecular weight is 229 g/mol. The van der Waals surface area contributed by atoms with Crippen molar-refractivity contribution in [2.45, 2.75) is 13.0 Å². The zero-order valence-corrected chi connectivity index (χ0v) is 9.61. The third-order valence-electron chi connectivity index (χ3n) is 2.04. The number of halogens is 1. The molecule has 0 aromatic heterocycles. The summed E-state index contributed by atoms with van der Waals surface area (Å²) in [6.45, 7) is 1.58. The van der Waals surface area contributed by atoms with Crippen LogP contribution in [0.5, 0.6) is 5.75 Å². The van der Waals surface area contributed by atoms with Crippen LogP contribution in [0.4, 0.5) is 4.39 Å². The smallest absolute Gasteiger partial charge is 0.165 e. The summed E-state index contributed by atoms with van der Waals surface area (Å²) in [7, 11) is 0. The number of thioether (sulfide) groups is 1. The van der Waals surface area contributed by atoms with Crippen molar-refractivity contribution in [3.63, 3.8) is 0 Å². The van der Waals surface area contributed by atoms with Crippen LogP contribution in [0, 0.1) is 5.82 Å². The van der Waals surface area contributed by atoms with Crippen molar-refractivity contribution in [2.75, 3.05) is 18.6 Å². The molecule has 0 heterocycles. The van der Waals surface area contributed by atoms with Crippen molar-refractivity contribution in [3.8, 4) is 5.75 Å². The van der Waals surface area contributed by atoms with Gasteiger partial charge in [-0.25, -0.2) is 4.39 Å². The van der Waals surface area contributed by atoms with Gasteiger partial charge in [-0.05, 0) is 42.7 Å². The Labute approximate surface area is 93.9 Å². The van der Waals surface area contributed by atoms with E-state index in [0.717, 1.165) is 24.3 Å². The molecule has 0 radical (unpaired) electrons. The topological polar surface area (TPSA) is 32.3 Å². The molecule has 0 bridgehead atoms. The molecule has 0 unspecified atom stereocenters. The Hall–Kier alpha value is -0.740. The number of phenolic OH excluding ortho intramolecular Hbond substituents is 1. The van der Waals surface area contributed by atoms with Crippen LogP contribution >= 0.6 is 11.8 Å². The summed E-state index contributed by atoms with van der Waals surface area (Å²) in [4.78, 5) is 0. The molecule has 1 aromatic carbocycles. The zero-order chi connectivity index (χ0) is 11.1. The minimum atomic E-state index is -0.557. The molecule has 0 saturated heterocycles. The van der Waals surface area contributed by atoms with Gasteiger partial charge in [0, 0.05) is 6.54 Å². The third kappa shape index (κ3) is 4.53. The molecule has 0 atom stereocenters. The number of benzene rings is 1. The molecular weight excluding hydrogens is 213 g/mol. The van der Waals surface area contributed by atoms with Crippen LogP contribution in [-0.4, -0.2) is 23.7 Å². The van der Waals surface area contributed by atoms with Crippen molar-refractivity contribution in [2.24, 2.45) is 0 Å². The van der Waals surface area contributed by atoms with Gasteiger partial charge in [0.1, 0.15) is 0 Å². The summed E-state index contributed by atoms with van der Waals surface area (Å²) in [6, 6.07) is 4.46. The minimum Gasteiger partial charge on any atom is -0.505 e. The molecule has 2 nitrogen and oxygen atoms in total. The Morgan fingerprint density at radius 3 is 2.93 bits per heavy atom. The molecule has 0 amide bonds. The first-order valence-corrected chi connectivity index (χ1v) is 6.30. The summed E-state index contributed by atoms with van der Waals surface area (Å²) in [5.74, 6) is 0.288. The highest BCUT2D eigenvalue weighted by molar-refractivity contribution is 7.98. The Balaban J connectivity index is 2.28. The van der Waals surface area contributed by atoms with Crippen LogP contribution in [-0.2, 0) is 6.54 Å². The number of phenols is 1. The van der Waals surface area contributed by atoms with E-state index in [2.05, 4.69) is 11.6 Å². The van der Waals surface area contributed by atoms with Gasteiger partial charge in [0.25, 0.3) is 0 Å². The summed E-state index contributed by atoms with van der Waals surface area (Å²) >= 11 is 1.82. The summed E-state index contributed by atoms with van der Waals surface area (Å²) in [5, 5.41) is 12.2. The van der Waals surface area contributed by atoms with Crippen molar-refractivity contribution in [1.82, 2.24) is 5.32 Å². The van der Waals surface area contributed by atoms with Gasteiger partial charge in [0.15, 0.2) is 11.6 Å². The first kappa shape index (κ1) is 12.3. The predicted molar refractivity (Wildman–Crippen MR) is 62.8 cm³/mol. The van der Waals surface area contributed by atoms with Gasteiger partial charge < -0.3 is 10.4 Å². The number of aromatic hydroxyl groups is 1. The number of hydrogen-bond donors (Lipinski definition) is 2. The van der Waals surface area contributed by atoms with Crippen LogP contribution in [0.1, 0.15) is 12.0 Å². The fraction of sp³-hybridized carbons (Fsp3) is 0.455. The molecule has 0 fully saturated rings. The van der Waals surface area contributed by atoms with Crippen molar-refractivity contribution >= 4 is 11.8 Å². The van der Waals surface area contributed by atoms with Crippen molar-refractivity contribution in [1.29, 1.82) is 0 Å². The van der Waals surface area contributed by atoms with E-state index in [9.17, 15) is 4.39 Å². The standard InChI is InChI=1S/C11H16FNOS/c1-15-6-2-5-13-8-9-3-4-11(14)10(12)7-9/h3-4,7,13-14H,2,5-6,8H2,1H3. The van der Waals surface area contributed by atoms with Crippen LogP contribution < -0.4 is 5.32 Å². The van der Waals surface area contributed by atoms with E-state index in [1.165, 1.54) is 12.1 Å².